The van der Waals surface area contributed by atoms with Crippen LogP contribution in [0.2, 0.25) is 0 Å². The lowest BCUT2D eigenvalue weighted by Gasteiger charge is -2.05. The Morgan fingerprint density at radius 2 is 1.91 bits per heavy atom. The Hall–Kier alpha value is -2.76. The summed E-state index contributed by atoms with van der Waals surface area (Å²) in [5.41, 5.74) is 1.20. The first-order valence-corrected chi connectivity index (χ1v) is 6.78. The molecule has 0 spiro atoms. The zero-order chi connectivity index (χ0) is 16.2. The number of carboxylic acid groups (broad SMARTS) is 1. The molecule has 0 amide bonds. The first kappa shape index (κ1) is 17.3. The van der Waals surface area contributed by atoms with Gasteiger partial charge in [-0.1, -0.05) is 42.5 Å². The second-order valence-electron chi connectivity index (χ2n) is 4.09. The number of ether oxygens (including phenoxy) is 3. The van der Waals surface area contributed by atoms with Crippen LogP contribution in [0.4, 0.5) is 9.59 Å². The average molecular weight is 306 g/mol. The predicted octanol–water partition coefficient (Wildman–Crippen LogP) is 3.88. The van der Waals surface area contributed by atoms with Crippen molar-refractivity contribution in [2.24, 2.45) is 0 Å². The molecule has 0 aliphatic carbocycles. The third-order valence-electron chi connectivity index (χ3n) is 2.44. The van der Waals surface area contributed by atoms with Crippen LogP contribution in [0.25, 0.3) is 0 Å². The molecule has 1 N–H and O–H groups in total. The molecule has 1 rings (SSSR count). The Morgan fingerprint density at radius 1 is 1.18 bits per heavy atom. The van der Waals surface area contributed by atoms with E-state index in [9.17, 15) is 9.59 Å². The topological polar surface area (TPSA) is 82.1 Å². The number of aryl methyl sites for hydroxylation is 1. The Labute approximate surface area is 128 Å². The van der Waals surface area contributed by atoms with E-state index in [4.69, 9.17) is 5.11 Å². The quantitative estimate of drug-likeness (QED) is 0.467. The molecule has 6 heteroatoms. The highest BCUT2D eigenvalue weighted by Gasteiger charge is 2.11. The van der Waals surface area contributed by atoms with Crippen LogP contribution in [0, 0.1) is 0 Å². The summed E-state index contributed by atoms with van der Waals surface area (Å²) in [4.78, 5) is 21.6. The van der Waals surface area contributed by atoms with E-state index >= 15 is 0 Å². The molecule has 22 heavy (non-hydrogen) atoms. The van der Waals surface area contributed by atoms with Crippen molar-refractivity contribution in [1.82, 2.24) is 0 Å². The molecule has 0 aliphatic rings. The fraction of sp³-hybridized carbons (Fsp3) is 0.250. The lowest BCUT2D eigenvalue weighted by molar-refractivity contribution is 0.0269. The summed E-state index contributed by atoms with van der Waals surface area (Å²) in [5.74, 6) is -0.457. The van der Waals surface area contributed by atoms with Gasteiger partial charge in [-0.05, 0) is 25.3 Å². The summed E-state index contributed by atoms with van der Waals surface area (Å²) < 4.78 is 13.5. The van der Waals surface area contributed by atoms with E-state index in [1.54, 1.807) is 13.0 Å². The molecule has 0 aliphatic heterocycles. The van der Waals surface area contributed by atoms with Gasteiger partial charge in [0.2, 0.25) is 0 Å². The maximum Gasteiger partial charge on any atom is 0.516 e. The Bertz CT molecular complexity index is 533. The molecule has 0 unspecified atom stereocenters. The summed E-state index contributed by atoms with van der Waals surface area (Å²) >= 11 is 0. The maximum atomic E-state index is 11.1. The van der Waals surface area contributed by atoms with Crippen molar-refractivity contribution >= 4 is 12.3 Å². The second-order valence-corrected chi connectivity index (χ2v) is 4.09. The fourth-order valence-electron chi connectivity index (χ4n) is 1.54. The van der Waals surface area contributed by atoms with Gasteiger partial charge in [-0.3, -0.25) is 0 Å². The first-order chi connectivity index (χ1) is 10.6. The van der Waals surface area contributed by atoms with Gasteiger partial charge in [-0.2, -0.15) is 0 Å². The number of benzene rings is 1. The van der Waals surface area contributed by atoms with E-state index in [1.165, 1.54) is 11.6 Å². The zero-order valence-electron chi connectivity index (χ0n) is 12.2. The van der Waals surface area contributed by atoms with Crippen LogP contribution in [-0.4, -0.2) is 24.0 Å². The van der Waals surface area contributed by atoms with Crippen LogP contribution in [0.3, 0.4) is 0 Å². The van der Waals surface area contributed by atoms with Gasteiger partial charge in [0.15, 0.2) is 0 Å². The van der Waals surface area contributed by atoms with E-state index in [0.29, 0.717) is 0 Å². The van der Waals surface area contributed by atoms with Crippen molar-refractivity contribution < 1.29 is 28.9 Å². The molecule has 0 fully saturated rings. The molecule has 0 atom stereocenters. The van der Waals surface area contributed by atoms with Gasteiger partial charge in [-0.15, -0.1) is 0 Å². The lowest BCUT2D eigenvalue weighted by atomic mass is 10.1. The maximum absolute atomic E-state index is 11.1. The summed E-state index contributed by atoms with van der Waals surface area (Å²) in [6.45, 7) is 1.72. The van der Waals surface area contributed by atoms with Crippen LogP contribution in [-0.2, 0) is 20.6 Å². The SMILES string of the molecule is CCOC(=O)OC(=CC=CCCc1ccccc1)OC(=O)O. The lowest BCUT2D eigenvalue weighted by Crippen LogP contribution is -2.11. The number of allylic oxidation sites excluding steroid dienone is 3. The summed E-state index contributed by atoms with van der Waals surface area (Å²) in [6.07, 6.45) is 3.61. The molecular weight excluding hydrogens is 288 g/mol. The molecule has 0 saturated heterocycles. The summed E-state index contributed by atoms with van der Waals surface area (Å²) in [6, 6.07) is 9.92. The van der Waals surface area contributed by atoms with Crippen molar-refractivity contribution in [2.75, 3.05) is 6.61 Å². The number of hydrogen-bond acceptors (Lipinski definition) is 5. The summed E-state index contributed by atoms with van der Waals surface area (Å²) in [5, 5.41) is 8.56. The van der Waals surface area contributed by atoms with Gasteiger partial charge in [0.25, 0.3) is 0 Å². The van der Waals surface area contributed by atoms with Crippen molar-refractivity contribution in [2.45, 2.75) is 19.8 Å². The van der Waals surface area contributed by atoms with Gasteiger partial charge in [0.05, 0.1) is 6.61 Å². The van der Waals surface area contributed by atoms with Crippen molar-refractivity contribution in [1.29, 1.82) is 0 Å². The second kappa shape index (κ2) is 10.0. The highest BCUT2D eigenvalue weighted by atomic mass is 16.8. The molecule has 0 bridgehead atoms. The zero-order valence-corrected chi connectivity index (χ0v) is 12.2. The third kappa shape index (κ3) is 7.74. The number of carbonyl (C=O) groups excluding carboxylic acids is 1. The van der Waals surface area contributed by atoms with Crippen molar-refractivity contribution in [3.8, 4) is 0 Å². The number of carbonyl (C=O) groups is 2. The molecule has 6 nitrogen and oxygen atoms in total. The summed E-state index contributed by atoms with van der Waals surface area (Å²) in [7, 11) is 0. The molecule has 0 saturated carbocycles. The van der Waals surface area contributed by atoms with Crippen molar-refractivity contribution in [3.05, 3.63) is 60.1 Å². The van der Waals surface area contributed by atoms with E-state index in [-0.39, 0.29) is 6.61 Å². The highest BCUT2D eigenvalue weighted by Crippen LogP contribution is 2.06. The van der Waals surface area contributed by atoms with E-state index in [0.717, 1.165) is 12.8 Å². The van der Waals surface area contributed by atoms with Crippen LogP contribution in [0.15, 0.2) is 54.5 Å². The molecule has 1 aromatic carbocycles. The van der Waals surface area contributed by atoms with Gasteiger partial charge in [0.1, 0.15) is 0 Å². The largest absolute Gasteiger partial charge is 0.516 e. The minimum absolute atomic E-state index is 0.117. The molecule has 0 heterocycles. The Balaban J connectivity index is 2.50. The predicted molar refractivity (Wildman–Crippen MR) is 79.2 cm³/mol. The van der Waals surface area contributed by atoms with Crippen LogP contribution in [0.1, 0.15) is 18.9 Å². The van der Waals surface area contributed by atoms with Crippen LogP contribution >= 0.6 is 0 Å². The average Bonchev–Trinajstić information content (AvgIpc) is 2.47. The molecule has 0 radical (unpaired) electrons. The highest BCUT2D eigenvalue weighted by molar-refractivity contribution is 5.63. The van der Waals surface area contributed by atoms with E-state index < -0.39 is 18.3 Å². The van der Waals surface area contributed by atoms with Gasteiger partial charge >= 0.3 is 18.3 Å². The number of rotatable bonds is 7. The van der Waals surface area contributed by atoms with Gasteiger partial charge < -0.3 is 19.3 Å². The first-order valence-electron chi connectivity index (χ1n) is 6.78. The van der Waals surface area contributed by atoms with E-state index in [1.807, 2.05) is 36.4 Å². The van der Waals surface area contributed by atoms with Crippen LogP contribution < -0.4 is 0 Å². The molecule has 118 valence electrons. The van der Waals surface area contributed by atoms with Gasteiger partial charge in [-0.25, -0.2) is 9.59 Å². The van der Waals surface area contributed by atoms with Crippen molar-refractivity contribution in [3.63, 3.8) is 0 Å². The Morgan fingerprint density at radius 3 is 2.55 bits per heavy atom. The fourth-order valence-corrected chi connectivity index (χ4v) is 1.54. The standard InChI is InChI=1S/C16H18O6/c1-2-20-16(19)22-14(21-15(17)18)12-8-4-7-11-13-9-5-3-6-10-13/h3-6,8-10,12H,2,7,11H2,1H3,(H,17,18). The third-order valence-corrected chi connectivity index (χ3v) is 2.44. The number of hydrogen-bond donors (Lipinski definition) is 1. The normalized spacial score (nSPS) is 11.2. The molecular formula is C16H18O6. The minimum Gasteiger partial charge on any atom is -0.449 e. The van der Waals surface area contributed by atoms with E-state index in [2.05, 4.69) is 14.2 Å². The monoisotopic (exact) mass is 306 g/mol. The Kier molecular flexibility index (Phi) is 7.89. The smallest absolute Gasteiger partial charge is 0.449 e. The molecule has 0 aromatic heterocycles. The molecule has 1 aromatic rings. The minimum atomic E-state index is -1.58. The van der Waals surface area contributed by atoms with Gasteiger partial charge in [0, 0.05) is 6.08 Å². The van der Waals surface area contributed by atoms with Crippen LogP contribution in [0.5, 0.6) is 0 Å².